The molecular weight excluding hydrogens is 412 g/mol. The first kappa shape index (κ1) is 21.5. The van der Waals surface area contributed by atoms with E-state index in [1.54, 1.807) is 18.5 Å². The molecule has 0 atom stereocenters. The molecule has 3 heterocycles. The smallest absolute Gasteiger partial charge is 0.162 e. The average Bonchev–Trinajstić information content (AvgIpc) is 3.20. The lowest BCUT2D eigenvalue weighted by atomic mass is 9.81. The molecule has 1 fully saturated rings. The van der Waals surface area contributed by atoms with Gasteiger partial charge >= 0.3 is 0 Å². The van der Waals surface area contributed by atoms with Crippen LogP contribution in [0.15, 0.2) is 36.8 Å². The number of pyridine rings is 2. The number of hydrogen-bond donors (Lipinski definition) is 2. The van der Waals surface area contributed by atoms with Crippen LogP contribution in [0, 0.1) is 5.92 Å². The Morgan fingerprint density at radius 1 is 1.23 bits per heavy atom. The van der Waals surface area contributed by atoms with Gasteiger partial charge in [-0.25, -0.2) is 13.4 Å². The Balaban J connectivity index is 1.59. The van der Waals surface area contributed by atoms with Crippen molar-refractivity contribution in [3.63, 3.8) is 0 Å². The van der Waals surface area contributed by atoms with E-state index >= 15 is 0 Å². The lowest BCUT2D eigenvalue weighted by Crippen LogP contribution is -2.39. The number of aromatic nitrogens is 3. The van der Waals surface area contributed by atoms with Crippen molar-refractivity contribution in [3.8, 4) is 11.3 Å². The lowest BCUT2D eigenvalue weighted by Gasteiger charge is -2.37. The summed E-state index contributed by atoms with van der Waals surface area (Å²) >= 11 is 0. The fourth-order valence-corrected chi connectivity index (χ4v) is 6.04. The average molecular weight is 441 g/mol. The van der Waals surface area contributed by atoms with Crippen molar-refractivity contribution in [1.29, 1.82) is 0 Å². The number of hydrogen-bond acceptors (Lipinski definition) is 6. The van der Waals surface area contributed by atoms with E-state index in [1.165, 1.54) is 0 Å². The van der Waals surface area contributed by atoms with Crippen LogP contribution >= 0.6 is 0 Å². The van der Waals surface area contributed by atoms with Crippen LogP contribution < -0.4 is 5.32 Å². The van der Waals surface area contributed by atoms with Crippen molar-refractivity contribution in [2.45, 2.75) is 45.6 Å². The van der Waals surface area contributed by atoms with E-state index < -0.39 is 9.84 Å². The molecule has 1 aliphatic rings. The summed E-state index contributed by atoms with van der Waals surface area (Å²) < 4.78 is 24.2. The zero-order valence-electron chi connectivity index (χ0n) is 17.9. The zero-order chi connectivity index (χ0) is 22.0. The highest BCUT2D eigenvalue weighted by Gasteiger charge is 2.33. The lowest BCUT2D eigenvalue weighted by molar-refractivity contribution is 0.0988. The van der Waals surface area contributed by atoms with E-state index in [0.29, 0.717) is 24.1 Å². The minimum atomic E-state index is -2.97. The summed E-state index contributed by atoms with van der Waals surface area (Å²) in [7, 11) is -2.97. The van der Waals surface area contributed by atoms with Gasteiger partial charge in [0.25, 0.3) is 0 Å². The number of ketones is 1. The van der Waals surface area contributed by atoms with E-state index in [1.807, 2.05) is 32.2 Å². The van der Waals surface area contributed by atoms with Crippen molar-refractivity contribution in [2.24, 2.45) is 5.92 Å². The van der Waals surface area contributed by atoms with Gasteiger partial charge in [0.15, 0.2) is 15.6 Å². The molecular formula is C23H28N4O3S. The molecule has 0 spiro atoms. The van der Waals surface area contributed by atoms with Gasteiger partial charge in [0, 0.05) is 53.3 Å². The Hall–Kier alpha value is -2.74. The second-order valence-electron chi connectivity index (χ2n) is 8.29. The molecule has 31 heavy (non-hydrogen) atoms. The number of H-pyrrole nitrogens is 1. The van der Waals surface area contributed by atoms with E-state index in [2.05, 4.69) is 20.3 Å². The third-order valence-electron chi connectivity index (χ3n) is 5.85. The molecule has 2 N–H and O–H groups in total. The number of Topliss-reactive ketones (excluding diaryl/α,β-unsaturated/α-hetero) is 1. The summed E-state index contributed by atoms with van der Waals surface area (Å²) in [6, 6.07) is 5.71. The van der Waals surface area contributed by atoms with Gasteiger partial charge in [0.05, 0.1) is 17.1 Å². The molecule has 1 aliphatic carbocycles. The fraction of sp³-hybridized carbons (Fsp3) is 0.435. The highest BCUT2D eigenvalue weighted by atomic mass is 32.2. The molecule has 1 saturated carbocycles. The van der Waals surface area contributed by atoms with Gasteiger partial charge in [0.1, 0.15) is 5.65 Å². The maximum atomic E-state index is 12.2. The molecule has 164 valence electrons. The van der Waals surface area contributed by atoms with E-state index in [0.717, 1.165) is 35.1 Å². The monoisotopic (exact) mass is 440 g/mol. The van der Waals surface area contributed by atoms with Gasteiger partial charge in [-0.3, -0.25) is 9.78 Å². The summed E-state index contributed by atoms with van der Waals surface area (Å²) in [5.41, 5.74) is 3.85. The van der Waals surface area contributed by atoms with Gasteiger partial charge < -0.3 is 10.3 Å². The first-order valence-corrected chi connectivity index (χ1v) is 12.6. The highest BCUT2D eigenvalue weighted by molar-refractivity contribution is 7.91. The first-order valence-electron chi connectivity index (χ1n) is 10.8. The minimum absolute atomic E-state index is 0.0731. The van der Waals surface area contributed by atoms with Crippen LogP contribution in [0.1, 0.15) is 49.9 Å². The molecule has 0 bridgehead atoms. The number of fused-ring (bicyclic) bond motifs is 1. The van der Waals surface area contributed by atoms with Crippen LogP contribution in [-0.2, 0) is 9.84 Å². The van der Waals surface area contributed by atoms with Crippen molar-refractivity contribution < 1.29 is 13.2 Å². The van der Waals surface area contributed by atoms with Crippen LogP contribution in [0.2, 0.25) is 0 Å². The standard InChI is InChI=1S/C23H28N4O3S/c1-3-9-31(29,30)14-15-10-17(11-15)27-22-18-6-8-25-23(18)26-13-19(22)20-12-16(5-7-24-20)21(28)4-2/h5-8,12-13,15,17H,3-4,9-11,14H2,1-2H3,(H2,25,26,27). The van der Waals surface area contributed by atoms with Gasteiger partial charge in [-0.1, -0.05) is 13.8 Å². The third-order valence-corrected chi connectivity index (χ3v) is 7.86. The van der Waals surface area contributed by atoms with Crippen LogP contribution in [0.25, 0.3) is 22.3 Å². The zero-order valence-corrected chi connectivity index (χ0v) is 18.7. The molecule has 3 aromatic heterocycles. The number of sulfone groups is 1. The van der Waals surface area contributed by atoms with Gasteiger partial charge in [-0.05, 0) is 43.4 Å². The summed E-state index contributed by atoms with van der Waals surface area (Å²) in [6.45, 7) is 3.74. The molecule has 0 aliphatic heterocycles. The number of aromatic amines is 1. The van der Waals surface area contributed by atoms with Crippen molar-refractivity contribution in [2.75, 3.05) is 16.8 Å². The Bertz CT molecular complexity index is 1200. The maximum absolute atomic E-state index is 12.2. The van der Waals surface area contributed by atoms with Gasteiger partial charge in [-0.15, -0.1) is 0 Å². The second-order valence-corrected chi connectivity index (χ2v) is 10.5. The van der Waals surface area contributed by atoms with E-state index in [-0.39, 0.29) is 29.2 Å². The Kier molecular flexibility index (Phi) is 6.09. The SMILES string of the molecule is CCCS(=O)(=O)CC1CC(Nc2c(-c3cc(C(=O)CC)ccn3)cnc3[nH]ccc23)C1. The molecule has 8 heteroatoms. The number of nitrogens with zero attached hydrogens (tertiary/aromatic N) is 2. The molecule has 0 unspecified atom stereocenters. The van der Waals surface area contributed by atoms with Crippen LogP contribution in [0.5, 0.6) is 0 Å². The Labute approximate surface area is 182 Å². The molecule has 7 nitrogen and oxygen atoms in total. The summed E-state index contributed by atoms with van der Waals surface area (Å²) in [5, 5.41) is 4.56. The van der Waals surface area contributed by atoms with Crippen LogP contribution in [-0.4, -0.2) is 46.7 Å². The van der Waals surface area contributed by atoms with Gasteiger partial charge in [0.2, 0.25) is 0 Å². The number of nitrogens with one attached hydrogen (secondary N) is 2. The summed E-state index contributed by atoms with van der Waals surface area (Å²) in [5.74, 6) is 0.803. The highest BCUT2D eigenvalue weighted by Crippen LogP contribution is 2.38. The molecule has 0 aromatic carbocycles. The van der Waals surface area contributed by atoms with Crippen molar-refractivity contribution in [3.05, 3.63) is 42.4 Å². The maximum Gasteiger partial charge on any atom is 0.162 e. The number of carbonyl (C=O) groups is 1. The van der Waals surface area contributed by atoms with Crippen LogP contribution in [0.4, 0.5) is 5.69 Å². The summed E-state index contributed by atoms with van der Waals surface area (Å²) in [4.78, 5) is 24.3. The topological polar surface area (TPSA) is 105 Å². The molecule has 0 amide bonds. The normalized spacial score (nSPS) is 18.6. The van der Waals surface area contributed by atoms with Crippen molar-refractivity contribution >= 4 is 32.3 Å². The fourth-order valence-electron chi connectivity index (χ4n) is 4.26. The summed E-state index contributed by atoms with van der Waals surface area (Å²) in [6.07, 6.45) is 8.00. The quantitative estimate of drug-likeness (QED) is 0.483. The number of carbonyl (C=O) groups excluding carboxylic acids is 1. The van der Waals surface area contributed by atoms with Crippen LogP contribution in [0.3, 0.4) is 0 Å². The molecule has 4 rings (SSSR count). The third kappa shape index (κ3) is 4.63. The van der Waals surface area contributed by atoms with E-state index in [4.69, 9.17) is 0 Å². The molecule has 3 aromatic rings. The largest absolute Gasteiger partial charge is 0.381 e. The Morgan fingerprint density at radius 3 is 2.77 bits per heavy atom. The number of anilines is 1. The Morgan fingerprint density at radius 2 is 2.03 bits per heavy atom. The molecule has 0 radical (unpaired) electrons. The molecule has 0 saturated heterocycles. The van der Waals surface area contributed by atoms with Gasteiger partial charge in [-0.2, -0.15) is 0 Å². The van der Waals surface area contributed by atoms with Crippen molar-refractivity contribution in [1.82, 2.24) is 15.0 Å². The second kappa shape index (κ2) is 8.78. The predicted octanol–water partition coefficient (Wildman–Crippen LogP) is 4.23. The minimum Gasteiger partial charge on any atom is -0.381 e. The first-order chi connectivity index (χ1) is 14.9. The number of rotatable bonds is 9. The predicted molar refractivity (Wildman–Crippen MR) is 123 cm³/mol. The van der Waals surface area contributed by atoms with E-state index in [9.17, 15) is 13.2 Å².